The van der Waals surface area contributed by atoms with Crippen molar-refractivity contribution in [2.75, 3.05) is 39.1 Å². The highest BCUT2D eigenvalue weighted by Crippen LogP contribution is 2.42. The summed E-state index contributed by atoms with van der Waals surface area (Å²) in [6.07, 6.45) is 2.29. The molecule has 188 valence electrons. The highest BCUT2D eigenvalue weighted by molar-refractivity contribution is 6.03. The zero-order valence-corrected chi connectivity index (χ0v) is 20.4. The van der Waals surface area contributed by atoms with Gasteiger partial charge in [0.15, 0.2) is 6.29 Å². The van der Waals surface area contributed by atoms with Crippen molar-refractivity contribution in [1.29, 1.82) is 0 Å². The smallest absolute Gasteiger partial charge is 0.257 e. The minimum Gasteiger partial charge on any atom is -0.397 e. The standard InChI is InChI=1S/C26H29N5O5/c1-3-26(34,15-32)21-19(14-35-2)25(33)31-13-18-17(12-28-30-8-10-36-11-9-30)16-6-4-5-7-20(16)29-23(18)24(31)22(21)27/h4-7,12,15,34H,3,8-11,13-14,27H2,1-2H3/b28-12+/t26-/m1/s1. The van der Waals surface area contributed by atoms with Crippen LogP contribution in [-0.2, 0) is 33.0 Å². The van der Waals surface area contributed by atoms with Gasteiger partial charge in [-0.25, -0.2) is 4.98 Å². The number of fused-ring (bicyclic) bond motifs is 4. The number of nitrogen functional groups attached to an aromatic ring is 1. The van der Waals surface area contributed by atoms with Crippen molar-refractivity contribution >= 4 is 29.1 Å². The molecule has 0 bridgehead atoms. The lowest BCUT2D eigenvalue weighted by Gasteiger charge is -2.26. The number of hydrogen-bond acceptors (Lipinski definition) is 9. The van der Waals surface area contributed by atoms with Gasteiger partial charge in [0.25, 0.3) is 5.56 Å². The van der Waals surface area contributed by atoms with Crippen molar-refractivity contribution in [1.82, 2.24) is 14.6 Å². The number of carbonyl (C=O) groups excluding carboxylic acids is 1. The summed E-state index contributed by atoms with van der Waals surface area (Å²) >= 11 is 0. The van der Waals surface area contributed by atoms with Crippen LogP contribution in [0.15, 0.2) is 34.2 Å². The van der Waals surface area contributed by atoms with Crippen molar-refractivity contribution in [3.8, 4) is 11.4 Å². The van der Waals surface area contributed by atoms with Crippen LogP contribution in [0.5, 0.6) is 0 Å². The normalized spacial score (nSPS) is 16.8. The van der Waals surface area contributed by atoms with Gasteiger partial charge in [-0.05, 0) is 12.5 Å². The van der Waals surface area contributed by atoms with Crippen molar-refractivity contribution < 1.29 is 19.4 Å². The molecule has 1 saturated heterocycles. The number of rotatable bonds is 7. The predicted molar refractivity (Wildman–Crippen MR) is 136 cm³/mol. The molecule has 0 unspecified atom stereocenters. The van der Waals surface area contributed by atoms with Gasteiger partial charge in [-0.2, -0.15) is 5.10 Å². The van der Waals surface area contributed by atoms with E-state index >= 15 is 0 Å². The van der Waals surface area contributed by atoms with Crippen molar-refractivity contribution in [3.05, 3.63) is 56.9 Å². The van der Waals surface area contributed by atoms with E-state index in [-0.39, 0.29) is 41.9 Å². The van der Waals surface area contributed by atoms with Gasteiger partial charge in [0, 0.05) is 29.2 Å². The highest BCUT2D eigenvalue weighted by atomic mass is 16.5. The molecule has 0 spiro atoms. The van der Waals surface area contributed by atoms with E-state index in [4.69, 9.17) is 25.3 Å². The lowest BCUT2D eigenvalue weighted by molar-refractivity contribution is -0.125. The summed E-state index contributed by atoms with van der Waals surface area (Å²) in [6, 6.07) is 7.70. The molecule has 2 aromatic heterocycles. The molecule has 1 atom stereocenters. The molecule has 10 nitrogen and oxygen atoms in total. The number of nitrogens with two attached hydrogens (primary N) is 1. The fourth-order valence-electron chi connectivity index (χ4n) is 5.04. The van der Waals surface area contributed by atoms with Gasteiger partial charge in [-0.1, -0.05) is 25.1 Å². The summed E-state index contributed by atoms with van der Waals surface area (Å²) in [6.45, 7) is 4.43. The lowest BCUT2D eigenvalue weighted by Crippen LogP contribution is -2.36. The number of nitrogens with zero attached hydrogens (tertiary/aromatic N) is 4. The van der Waals surface area contributed by atoms with Gasteiger partial charge in [0.1, 0.15) is 5.60 Å². The fraction of sp³-hybridized carbons (Fsp3) is 0.385. The lowest BCUT2D eigenvalue weighted by atomic mass is 9.87. The maximum absolute atomic E-state index is 13.7. The monoisotopic (exact) mass is 491 g/mol. The first-order chi connectivity index (χ1) is 17.4. The molecule has 4 heterocycles. The van der Waals surface area contributed by atoms with Gasteiger partial charge in [0.2, 0.25) is 0 Å². The third-order valence-electron chi connectivity index (χ3n) is 6.97. The maximum atomic E-state index is 13.7. The van der Waals surface area contributed by atoms with E-state index in [2.05, 4.69) is 0 Å². The molecule has 2 aliphatic rings. The van der Waals surface area contributed by atoms with E-state index in [0.29, 0.717) is 44.0 Å². The zero-order valence-electron chi connectivity index (χ0n) is 20.4. The van der Waals surface area contributed by atoms with Gasteiger partial charge in [-0.3, -0.25) is 14.6 Å². The Morgan fingerprint density at radius 3 is 2.75 bits per heavy atom. The summed E-state index contributed by atoms with van der Waals surface area (Å²) in [7, 11) is 1.45. The Balaban J connectivity index is 1.78. The first kappa shape index (κ1) is 24.1. The third kappa shape index (κ3) is 3.78. The molecule has 2 aliphatic heterocycles. The van der Waals surface area contributed by atoms with Gasteiger partial charge < -0.3 is 24.9 Å². The molecule has 0 amide bonds. The van der Waals surface area contributed by atoms with E-state index in [9.17, 15) is 14.7 Å². The molecule has 0 aliphatic carbocycles. The minimum atomic E-state index is -1.92. The molecule has 3 aromatic rings. The molecular weight excluding hydrogens is 462 g/mol. The number of hydrazone groups is 1. The second-order valence-corrected chi connectivity index (χ2v) is 9.02. The number of aromatic nitrogens is 2. The largest absolute Gasteiger partial charge is 0.397 e. The summed E-state index contributed by atoms with van der Waals surface area (Å²) in [5.41, 5.74) is 8.06. The van der Waals surface area contributed by atoms with Gasteiger partial charge >= 0.3 is 0 Å². The molecule has 10 heteroatoms. The van der Waals surface area contributed by atoms with Crippen LogP contribution in [0.2, 0.25) is 0 Å². The van der Waals surface area contributed by atoms with Crippen LogP contribution in [0.3, 0.4) is 0 Å². The predicted octanol–water partition coefficient (Wildman–Crippen LogP) is 1.62. The van der Waals surface area contributed by atoms with Gasteiger partial charge in [-0.15, -0.1) is 0 Å². The van der Waals surface area contributed by atoms with Crippen LogP contribution in [-0.4, -0.2) is 65.6 Å². The number of carbonyl (C=O) groups is 1. The van der Waals surface area contributed by atoms with Crippen molar-refractivity contribution in [2.45, 2.75) is 32.1 Å². The third-order valence-corrected chi connectivity index (χ3v) is 6.97. The number of ether oxygens (including phenoxy) is 2. The summed E-state index contributed by atoms with van der Waals surface area (Å²) in [5.74, 6) is 0. The average molecular weight is 492 g/mol. The zero-order chi connectivity index (χ0) is 25.4. The first-order valence-electron chi connectivity index (χ1n) is 12.0. The maximum Gasteiger partial charge on any atom is 0.257 e. The molecule has 1 aromatic carbocycles. The molecule has 0 saturated carbocycles. The van der Waals surface area contributed by atoms with E-state index in [1.54, 1.807) is 11.5 Å². The summed E-state index contributed by atoms with van der Waals surface area (Å²) in [4.78, 5) is 30.6. The molecule has 0 radical (unpaired) electrons. The van der Waals surface area contributed by atoms with Crippen LogP contribution < -0.4 is 11.3 Å². The van der Waals surface area contributed by atoms with Crippen LogP contribution in [0.25, 0.3) is 22.3 Å². The number of morpholine rings is 1. The topological polar surface area (TPSA) is 132 Å². The molecule has 1 fully saturated rings. The number of para-hydroxylation sites is 1. The van der Waals surface area contributed by atoms with Crippen molar-refractivity contribution in [3.63, 3.8) is 0 Å². The Kier molecular flexibility index (Phi) is 6.33. The van der Waals surface area contributed by atoms with E-state index < -0.39 is 5.60 Å². The number of benzene rings is 1. The van der Waals surface area contributed by atoms with Crippen molar-refractivity contribution in [2.24, 2.45) is 5.10 Å². The number of hydrogen-bond donors (Lipinski definition) is 2. The fourth-order valence-corrected chi connectivity index (χ4v) is 5.04. The average Bonchev–Trinajstić information content (AvgIpc) is 3.29. The number of pyridine rings is 2. The first-order valence-corrected chi connectivity index (χ1v) is 12.0. The van der Waals surface area contributed by atoms with Crippen LogP contribution >= 0.6 is 0 Å². The molecular formula is C26H29N5O5. The van der Waals surface area contributed by atoms with Crippen LogP contribution in [0.1, 0.15) is 35.6 Å². The highest BCUT2D eigenvalue weighted by Gasteiger charge is 2.38. The molecule has 5 rings (SSSR count). The number of aldehydes is 1. The Hall–Kier alpha value is -3.60. The number of aliphatic hydroxyl groups is 1. The van der Waals surface area contributed by atoms with E-state index in [0.717, 1.165) is 22.0 Å². The van der Waals surface area contributed by atoms with Gasteiger partial charge in [0.05, 0.1) is 73.8 Å². The van der Waals surface area contributed by atoms with E-state index in [1.807, 2.05) is 35.5 Å². The number of anilines is 1. The Morgan fingerprint density at radius 1 is 1.31 bits per heavy atom. The Bertz CT molecular complexity index is 1430. The second kappa shape index (κ2) is 9.45. The van der Waals surface area contributed by atoms with Crippen LogP contribution in [0.4, 0.5) is 5.69 Å². The van der Waals surface area contributed by atoms with Crippen LogP contribution in [0, 0.1) is 0 Å². The molecule has 36 heavy (non-hydrogen) atoms. The quantitative estimate of drug-likeness (QED) is 0.294. The minimum absolute atomic E-state index is 0.0514. The SMILES string of the molecule is CC[C@@](O)(C=O)c1c(N)c2n(c(=O)c1COC)Cc1c-2nc2ccccc2c1/C=N/N1CCOCC1. The summed E-state index contributed by atoms with van der Waals surface area (Å²) < 4.78 is 12.2. The summed E-state index contributed by atoms with van der Waals surface area (Å²) in [5, 5.41) is 18.7. The molecule has 3 N–H and O–H groups in total. The number of methoxy groups -OCH3 is 1. The van der Waals surface area contributed by atoms with E-state index in [1.165, 1.54) is 7.11 Å². The second-order valence-electron chi connectivity index (χ2n) is 9.02. The Labute approximate surface area is 207 Å². The Morgan fingerprint density at radius 2 is 2.06 bits per heavy atom.